The van der Waals surface area contributed by atoms with E-state index in [0.29, 0.717) is 36.3 Å². The van der Waals surface area contributed by atoms with Crippen molar-refractivity contribution < 1.29 is 9.53 Å². The van der Waals surface area contributed by atoms with Crippen LogP contribution in [0.5, 0.6) is 0 Å². The van der Waals surface area contributed by atoms with Gasteiger partial charge in [0, 0.05) is 25.0 Å². The lowest BCUT2D eigenvalue weighted by atomic mass is 9.81. The van der Waals surface area contributed by atoms with Crippen molar-refractivity contribution in [2.75, 3.05) is 19.7 Å². The molecule has 0 aromatic rings. The zero-order valence-electron chi connectivity index (χ0n) is 13.7. The minimum atomic E-state index is 0. The molecule has 5 atom stereocenters. The molecule has 3 rings (SSSR count). The Morgan fingerprint density at radius 2 is 2.14 bits per heavy atom. The molecule has 1 saturated carbocycles. The van der Waals surface area contributed by atoms with Crippen LogP contribution < -0.4 is 10.6 Å². The second-order valence-corrected chi connectivity index (χ2v) is 7.25. The number of hydrogen-bond acceptors (Lipinski definition) is 3. The molecular weight excluding hydrogens is 300 g/mol. The van der Waals surface area contributed by atoms with E-state index in [1.165, 1.54) is 25.7 Å². The van der Waals surface area contributed by atoms with Gasteiger partial charge in [-0.05, 0) is 63.5 Å². The topological polar surface area (TPSA) is 50.4 Å². The van der Waals surface area contributed by atoms with Crippen molar-refractivity contribution in [2.45, 2.75) is 64.0 Å². The molecule has 3 aliphatic rings. The van der Waals surface area contributed by atoms with Crippen molar-refractivity contribution in [3.63, 3.8) is 0 Å². The van der Waals surface area contributed by atoms with Crippen LogP contribution in [-0.2, 0) is 9.53 Å². The highest BCUT2D eigenvalue weighted by molar-refractivity contribution is 5.85. The zero-order chi connectivity index (χ0) is 14.7. The fourth-order valence-corrected chi connectivity index (χ4v) is 4.44. The second kappa shape index (κ2) is 8.51. The van der Waals surface area contributed by atoms with Crippen LogP contribution in [0.1, 0.15) is 51.9 Å². The number of rotatable bonds is 4. The highest BCUT2D eigenvalue weighted by atomic mass is 35.5. The number of fused-ring (bicyclic) bond motifs is 1. The van der Waals surface area contributed by atoms with Gasteiger partial charge in [0.05, 0.1) is 6.10 Å². The molecule has 0 bridgehead atoms. The largest absolute Gasteiger partial charge is 0.378 e. The summed E-state index contributed by atoms with van der Waals surface area (Å²) in [5.74, 6) is 1.97. The van der Waals surface area contributed by atoms with E-state index in [-0.39, 0.29) is 18.3 Å². The molecule has 0 spiro atoms. The summed E-state index contributed by atoms with van der Waals surface area (Å²) in [5.41, 5.74) is 0. The summed E-state index contributed by atoms with van der Waals surface area (Å²) < 4.78 is 5.79. The zero-order valence-corrected chi connectivity index (χ0v) is 14.5. The van der Waals surface area contributed by atoms with E-state index >= 15 is 0 Å². The fraction of sp³-hybridized carbons (Fsp3) is 0.941. The Balaban J connectivity index is 0.00000176. The number of amides is 1. The summed E-state index contributed by atoms with van der Waals surface area (Å²) in [6.45, 7) is 5.34. The van der Waals surface area contributed by atoms with Crippen LogP contribution in [0.4, 0.5) is 0 Å². The second-order valence-electron chi connectivity index (χ2n) is 7.25. The van der Waals surface area contributed by atoms with E-state index in [4.69, 9.17) is 4.74 Å². The van der Waals surface area contributed by atoms with Crippen LogP contribution in [0.3, 0.4) is 0 Å². The molecule has 5 heteroatoms. The summed E-state index contributed by atoms with van der Waals surface area (Å²) in [5, 5.41) is 6.77. The molecule has 0 aromatic carbocycles. The van der Waals surface area contributed by atoms with Crippen LogP contribution in [0.15, 0.2) is 0 Å². The Hall–Kier alpha value is -0.320. The van der Waals surface area contributed by atoms with Gasteiger partial charge < -0.3 is 15.4 Å². The molecule has 4 nitrogen and oxygen atoms in total. The predicted molar refractivity (Wildman–Crippen MR) is 90.3 cm³/mol. The summed E-state index contributed by atoms with van der Waals surface area (Å²) in [4.78, 5) is 12.4. The van der Waals surface area contributed by atoms with Crippen LogP contribution in [0.25, 0.3) is 0 Å². The molecule has 0 radical (unpaired) electrons. The molecular formula is C17H31ClN2O2. The summed E-state index contributed by atoms with van der Waals surface area (Å²) in [6, 6.07) is 0.357. The number of piperidine rings is 1. The Kier molecular flexibility index (Phi) is 6.97. The smallest absolute Gasteiger partial charge is 0.220 e. The maximum absolute atomic E-state index is 12.4. The van der Waals surface area contributed by atoms with Crippen molar-refractivity contribution in [2.24, 2.45) is 17.8 Å². The highest BCUT2D eigenvalue weighted by Gasteiger charge is 2.38. The Morgan fingerprint density at radius 3 is 2.91 bits per heavy atom. The van der Waals surface area contributed by atoms with Gasteiger partial charge in [-0.3, -0.25) is 4.79 Å². The Morgan fingerprint density at radius 1 is 1.27 bits per heavy atom. The average Bonchev–Trinajstić information content (AvgIpc) is 2.97. The maximum Gasteiger partial charge on any atom is 0.220 e. The summed E-state index contributed by atoms with van der Waals surface area (Å²) >= 11 is 0. The van der Waals surface area contributed by atoms with Gasteiger partial charge in [0.15, 0.2) is 0 Å². The van der Waals surface area contributed by atoms with Crippen molar-refractivity contribution in [1.82, 2.24) is 10.6 Å². The van der Waals surface area contributed by atoms with Crippen molar-refractivity contribution in [1.29, 1.82) is 0 Å². The first-order chi connectivity index (χ1) is 10.2. The first-order valence-corrected chi connectivity index (χ1v) is 8.85. The standard InChI is InChI=1S/C17H30N2O2.ClH/c1-12(13-4-3-8-18-11-13)10-17(20)19-15-5-2-6-16-14(15)7-9-21-16;/h12-16,18H,2-11H2,1H3,(H,19,20);1H. The van der Waals surface area contributed by atoms with Gasteiger partial charge in [0.2, 0.25) is 5.91 Å². The van der Waals surface area contributed by atoms with E-state index in [0.717, 1.165) is 32.5 Å². The SMILES string of the molecule is CC(CC(=O)NC1CCCC2OCCC12)C1CCCNC1.Cl. The van der Waals surface area contributed by atoms with E-state index in [2.05, 4.69) is 17.6 Å². The van der Waals surface area contributed by atoms with E-state index in [1.54, 1.807) is 0 Å². The molecule has 2 heterocycles. The molecule has 22 heavy (non-hydrogen) atoms. The normalized spacial score (nSPS) is 36.0. The molecule has 3 fully saturated rings. The summed E-state index contributed by atoms with van der Waals surface area (Å²) in [6.07, 6.45) is 8.23. The number of hydrogen-bond donors (Lipinski definition) is 2. The van der Waals surface area contributed by atoms with Gasteiger partial charge in [-0.25, -0.2) is 0 Å². The first-order valence-electron chi connectivity index (χ1n) is 8.85. The van der Waals surface area contributed by atoms with Gasteiger partial charge >= 0.3 is 0 Å². The number of carbonyl (C=O) groups excluding carboxylic acids is 1. The summed E-state index contributed by atoms with van der Waals surface area (Å²) in [7, 11) is 0. The molecule has 0 aromatic heterocycles. The molecule has 2 aliphatic heterocycles. The molecule has 2 N–H and O–H groups in total. The Labute approximate surface area is 140 Å². The van der Waals surface area contributed by atoms with Crippen molar-refractivity contribution in [3.05, 3.63) is 0 Å². The van der Waals surface area contributed by atoms with Gasteiger partial charge in [-0.1, -0.05) is 6.92 Å². The van der Waals surface area contributed by atoms with Crippen LogP contribution in [0, 0.1) is 17.8 Å². The molecule has 128 valence electrons. The lowest BCUT2D eigenvalue weighted by Gasteiger charge is -2.34. The lowest BCUT2D eigenvalue weighted by Crippen LogP contribution is -2.46. The fourth-order valence-electron chi connectivity index (χ4n) is 4.44. The van der Waals surface area contributed by atoms with Gasteiger partial charge in [-0.2, -0.15) is 0 Å². The third-order valence-electron chi connectivity index (χ3n) is 5.77. The van der Waals surface area contributed by atoms with E-state index < -0.39 is 0 Å². The van der Waals surface area contributed by atoms with Crippen LogP contribution in [-0.4, -0.2) is 37.7 Å². The van der Waals surface area contributed by atoms with Crippen molar-refractivity contribution in [3.8, 4) is 0 Å². The minimum Gasteiger partial charge on any atom is -0.378 e. The Bertz CT molecular complexity index is 361. The van der Waals surface area contributed by atoms with Gasteiger partial charge in [0.1, 0.15) is 0 Å². The minimum absolute atomic E-state index is 0. The highest BCUT2D eigenvalue weighted by Crippen LogP contribution is 2.34. The van der Waals surface area contributed by atoms with Crippen molar-refractivity contribution >= 4 is 18.3 Å². The molecule has 2 saturated heterocycles. The molecule has 5 unspecified atom stereocenters. The number of carbonyl (C=O) groups is 1. The number of halogens is 1. The van der Waals surface area contributed by atoms with E-state index in [9.17, 15) is 4.79 Å². The number of ether oxygens (including phenoxy) is 1. The van der Waals surface area contributed by atoms with Crippen LogP contribution in [0.2, 0.25) is 0 Å². The third-order valence-corrected chi connectivity index (χ3v) is 5.77. The molecule has 1 aliphatic carbocycles. The van der Waals surface area contributed by atoms with E-state index in [1.807, 2.05) is 0 Å². The monoisotopic (exact) mass is 330 g/mol. The van der Waals surface area contributed by atoms with Crippen LogP contribution >= 0.6 is 12.4 Å². The third kappa shape index (κ3) is 4.36. The van der Waals surface area contributed by atoms with Gasteiger partial charge in [-0.15, -0.1) is 12.4 Å². The average molecular weight is 331 g/mol. The predicted octanol–water partition coefficient (Wildman–Crippen LogP) is 2.51. The van der Waals surface area contributed by atoms with Gasteiger partial charge in [0.25, 0.3) is 0 Å². The number of nitrogens with one attached hydrogen (secondary N) is 2. The molecule has 1 amide bonds. The maximum atomic E-state index is 12.4. The quantitative estimate of drug-likeness (QED) is 0.832. The lowest BCUT2D eigenvalue weighted by molar-refractivity contribution is -0.123. The first kappa shape index (κ1) is 18.0.